The number of nitrogens with two attached hydrogens (primary N) is 1. The van der Waals surface area contributed by atoms with Gasteiger partial charge < -0.3 is 11.1 Å². The molecule has 27 heavy (non-hydrogen) atoms. The zero-order valence-electron chi connectivity index (χ0n) is 15.6. The summed E-state index contributed by atoms with van der Waals surface area (Å²) < 4.78 is 27.9. The van der Waals surface area contributed by atoms with E-state index in [-0.39, 0.29) is 42.0 Å². The number of hydrogen-bond donors (Lipinski definition) is 2. The monoisotopic (exact) mass is 398 g/mol. The van der Waals surface area contributed by atoms with E-state index in [2.05, 4.69) is 5.32 Å². The number of non-ortho nitro benzene ring substituents is 1. The number of benzene rings is 1. The fraction of sp³-hybridized carbons (Fsp3) is 0.588. The van der Waals surface area contributed by atoms with Gasteiger partial charge in [0.15, 0.2) is 0 Å². The third-order valence-corrected chi connectivity index (χ3v) is 6.96. The van der Waals surface area contributed by atoms with Crippen molar-refractivity contribution in [2.24, 2.45) is 5.73 Å². The summed E-state index contributed by atoms with van der Waals surface area (Å²) in [6.45, 7) is 4.05. The molecule has 1 saturated heterocycles. The predicted octanol–water partition coefficient (Wildman–Crippen LogP) is 1.22. The quantitative estimate of drug-likeness (QED) is 0.523. The number of nitro groups is 1. The molecule has 0 aliphatic carbocycles. The van der Waals surface area contributed by atoms with E-state index >= 15 is 0 Å². The molecule has 3 N–H and O–H groups in total. The standard InChI is InChI=1S/C17H26N4O5S/c1-12-9-15(21(23)24)10-16(13(12)2)27(25,26)20-8-4-3-5-14(20)11-19-17(22)6-7-18/h9-10,14H,3-8,11,18H2,1-2H3,(H,19,22). The molecule has 1 fully saturated rings. The van der Waals surface area contributed by atoms with Crippen LogP contribution in [0.3, 0.4) is 0 Å². The van der Waals surface area contributed by atoms with Crippen LogP contribution >= 0.6 is 0 Å². The van der Waals surface area contributed by atoms with E-state index in [1.807, 2.05) is 0 Å². The minimum absolute atomic E-state index is 0.0469. The number of nitro benzene ring substituents is 1. The zero-order chi connectivity index (χ0) is 20.2. The number of carbonyl (C=O) groups is 1. The van der Waals surface area contributed by atoms with Crippen LogP contribution in [0.5, 0.6) is 0 Å². The number of aryl methyl sites for hydroxylation is 1. The molecule has 1 aromatic carbocycles. The maximum atomic E-state index is 13.3. The van der Waals surface area contributed by atoms with E-state index in [1.54, 1.807) is 13.8 Å². The summed E-state index contributed by atoms with van der Waals surface area (Å²) in [6, 6.07) is 2.11. The van der Waals surface area contributed by atoms with Crippen molar-refractivity contribution in [3.05, 3.63) is 33.4 Å². The van der Waals surface area contributed by atoms with Crippen molar-refractivity contribution in [2.45, 2.75) is 50.5 Å². The number of rotatable bonds is 7. The van der Waals surface area contributed by atoms with Crippen LogP contribution in [0.2, 0.25) is 0 Å². The summed E-state index contributed by atoms with van der Waals surface area (Å²) in [5.41, 5.74) is 6.16. The highest BCUT2D eigenvalue weighted by Gasteiger charge is 2.35. The molecule has 1 amide bonds. The van der Waals surface area contributed by atoms with Crippen LogP contribution in [0.15, 0.2) is 17.0 Å². The Morgan fingerprint density at radius 3 is 2.70 bits per heavy atom. The highest BCUT2D eigenvalue weighted by atomic mass is 32.2. The van der Waals surface area contributed by atoms with Crippen LogP contribution in [0.25, 0.3) is 0 Å². The van der Waals surface area contributed by atoms with Gasteiger partial charge in [0.2, 0.25) is 15.9 Å². The smallest absolute Gasteiger partial charge is 0.271 e. The molecule has 1 aliphatic rings. The number of amides is 1. The second-order valence-corrected chi connectivity index (χ2v) is 8.61. The lowest BCUT2D eigenvalue weighted by Crippen LogP contribution is -2.49. The lowest BCUT2D eigenvalue weighted by atomic mass is 10.1. The average molecular weight is 398 g/mol. The number of hydrogen-bond acceptors (Lipinski definition) is 6. The van der Waals surface area contributed by atoms with E-state index in [9.17, 15) is 23.3 Å². The number of sulfonamides is 1. The third-order valence-electron chi connectivity index (χ3n) is 4.88. The summed E-state index contributed by atoms with van der Waals surface area (Å²) in [4.78, 5) is 22.2. The highest BCUT2D eigenvalue weighted by Crippen LogP contribution is 2.31. The number of carbonyl (C=O) groups excluding carboxylic acids is 1. The predicted molar refractivity (Wildman–Crippen MR) is 101 cm³/mol. The molecule has 1 unspecified atom stereocenters. The minimum Gasteiger partial charge on any atom is -0.354 e. The molecular weight excluding hydrogens is 372 g/mol. The van der Waals surface area contributed by atoms with Gasteiger partial charge in [-0.2, -0.15) is 4.31 Å². The highest BCUT2D eigenvalue weighted by molar-refractivity contribution is 7.89. The lowest BCUT2D eigenvalue weighted by Gasteiger charge is -2.35. The van der Waals surface area contributed by atoms with Crippen molar-refractivity contribution in [3.63, 3.8) is 0 Å². The molecule has 2 rings (SSSR count). The van der Waals surface area contributed by atoms with Gasteiger partial charge in [-0.1, -0.05) is 6.42 Å². The number of nitrogens with one attached hydrogen (secondary N) is 1. The van der Waals surface area contributed by atoms with Crippen molar-refractivity contribution in [1.82, 2.24) is 9.62 Å². The summed E-state index contributed by atoms with van der Waals surface area (Å²) >= 11 is 0. The molecule has 0 aromatic heterocycles. The molecule has 0 bridgehead atoms. The molecule has 1 aliphatic heterocycles. The molecule has 1 heterocycles. The Hall–Kier alpha value is -2.04. The van der Waals surface area contributed by atoms with Crippen molar-refractivity contribution >= 4 is 21.6 Å². The maximum absolute atomic E-state index is 13.3. The first kappa shape index (κ1) is 21.3. The van der Waals surface area contributed by atoms with Crippen molar-refractivity contribution in [3.8, 4) is 0 Å². The Labute approximate surface area is 159 Å². The Bertz CT molecular complexity index is 825. The van der Waals surface area contributed by atoms with Crippen molar-refractivity contribution in [1.29, 1.82) is 0 Å². The van der Waals surface area contributed by atoms with E-state index in [1.165, 1.54) is 10.4 Å². The minimum atomic E-state index is -3.93. The van der Waals surface area contributed by atoms with Gasteiger partial charge in [0.05, 0.1) is 9.82 Å². The SMILES string of the molecule is Cc1cc([N+](=O)[O-])cc(S(=O)(=O)N2CCCCC2CNC(=O)CCN)c1C. The van der Waals surface area contributed by atoms with Gasteiger partial charge in [-0.25, -0.2) is 8.42 Å². The summed E-state index contributed by atoms with van der Waals surface area (Å²) in [5.74, 6) is -0.220. The second kappa shape index (κ2) is 8.77. The molecule has 0 saturated carbocycles. The fourth-order valence-corrected chi connectivity index (χ4v) is 5.27. The van der Waals surface area contributed by atoms with Gasteiger partial charge in [-0.05, 0) is 37.8 Å². The Morgan fingerprint density at radius 1 is 1.37 bits per heavy atom. The van der Waals surface area contributed by atoms with Crippen LogP contribution in [0.1, 0.15) is 36.8 Å². The second-order valence-electron chi connectivity index (χ2n) is 6.75. The van der Waals surface area contributed by atoms with Crippen molar-refractivity contribution < 1.29 is 18.1 Å². The van der Waals surface area contributed by atoms with Crippen LogP contribution in [0.4, 0.5) is 5.69 Å². The molecule has 10 heteroatoms. The van der Waals surface area contributed by atoms with Gasteiger partial charge in [0.25, 0.3) is 5.69 Å². The first-order chi connectivity index (χ1) is 12.7. The molecular formula is C17H26N4O5S. The van der Waals surface area contributed by atoms with Crippen LogP contribution in [-0.2, 0) is 14.8 Å². The first-order valence-electron chi connectivity index (χ1n) is 8.92. The average Bonchev–Trinajstić information content (AvgIpc) is 2.62. The molecule has 1 atom stereocenters. The van der Waals surface area contributed by atoms with E-state index < -0.39 is 14.9 Å². The van der Waals surface area contributed by atoms with Crippen LogP contribution < -0.4 is 11.1 Å². The first-order valence-corrected chi connectivity index (χ1v) is 10.4. The van der Waals surface area contributed by atoms with Crippen LogP contribution in [-0.4, -0.2) is 49.2 Å². The largest absolute Gasteiger partial charge is 0.354 e. The van der Waals surface area contributed by atoms with Gasteiger partial charge >= 0.3 is 0 Å². The molecule has 150 valence electrons. The third kappa shape index (κ3) is 4.82. The summed E-state index contributed by atoms with van der Waals surface area (Å²) in [6.07, 6.45) is 2.37. The van der Waals surface area contributed by atoms with Gasteiger partial charge in [-0.3, -0.25) is 14.9 Å². The zero-order valence-corrected chi connectivity index (χ0v) is 16.4. The fourth-order valence-electron chi connectivity index (χ4n) is 3.25. The molecule has 1 aromatic rings. The Kier molecular flexibility index (Phi) is 6.90. The number of piperidine rings is 1. The van der Waals surface area contributed by atoms with Crippen LogP contribution in [0, 0.1) is 24.0 Å². The molecule has 9 nitrogen and oxygen atoms in total. The Balaban J connectivity index is 2.35. The van der Waals surface area contributed by atoms with E-state index in [0.717, 1.165) is 12.5 Å². The Morgan fingerprint density at radius 2 is 2.07 bits per heavy atom. The molecule has 0 radical (unpaired) electrons. The van der Waals surface area contributed by atoms with E-state index in [4.69, 9.17) is 5.73 Å². The summed E-state index contributed by atoms with van der Waals surface area (Å²) in [7, 11) is -3.93. The van der Waals surface area contributed by atoms with Gasteiger partial charge in [0.1, 0.15) is 0 Å². The number of nitrogens with zero attached hydrogens (tertiary/aromatic N) is 2. The lowest BCUT2D eigenvalue weighted by molar-refractivity contribution is -0.385. The normalized spacial score (nSPS) is 18.3. The van der Waals surface area contributed by atoms with Gasteiger partial charge in [0, 0.05) is 44.2 Å². The van der Waals surface area contributed by atoms with Crippen molar-refractivity contribution in [2.75, 3.05) is 19.6 Å². The van der Waals surface area contributed by atoms with E-state index in [0.29, 0.717) is 30.5 Å². The molecule has 0 spiro atoms. The topological polar surface area (TPSA) is 136 Å². The maximum Gasteiger partial charge on any atom is 0.271 e. The summed E-state index contributed by atoms with van der Waals surface area (Å²) in [5, 5.41) is 13.9. The van der Waals surface area contributed by atoms with Gasteiger partial charge in [-0.15, -0.1) is 0 Å².